The van der Waals surface area contributed by atoms with Crippen LogP contribution in [0.4, 0.5) is 18.0 Å². The monoisotopic (exact) mass is 462 g/mol. The third-order valence-corrected chi connectivity index (χ3v) is 4.23. The lowest BCUT2D eigenvalue weighted by atomic mass is 9.89. The number of rotatable bonds is 13. The van der Waals surface area contributed by atoms with Crippen LogP contribution in [-0.4, -0.2) is 41.8 Å². The lowest BCUT2D eigenvalue weighted by molar-refractivity contribution is -0.125. The van der Waals surface area contributed by atoms with Gasteiger partial charge in [-0.25, -0.2) is 15.5 Å². The van der Waals surface area contributed by atoms with E-state index in [1.807, 2.05) is 0 Å². The maximum absolute atomic E-state index is 12.7. The molecule has 0 aromatic carbocycles. The maximum atomic E-state index is 12.7. The van der Waals surface area contributed by atoms with Crippen LogP contribution in [-0.2, 0) is 18.7 Å². The van der Waals surface area contributed by atoms with Gasteiger partial charge in [0.2, 0.25) is 5.91 Å². The van der Waals surface area contributed by atoms with Crippen molar-refractivity contribution in [2.24, 2.45) is 5.90 Å². The first-order valence-electron chi connectivity index (χ1n) is 8.79. The van der Waals surface area contributed by atoms with Gasteiger partial charge in [0.05, 0.1) is 5.60 Å². The van der Waals surface area contributed by atoms with E-state index in [0.717, 1.165) is 0 Å². The van der Waals surface area contributed by atoms with Gasteiger partial charge in [0.15, 0.2) is 0 Å². The van der Waals surface area contributed by atoms with Crippen LogP contribution in [0.3, 0.4) is 0 Å². The van der Waals surface area contributed by atoms with Gasteiger partial charge in [0.25, 0.3) is 18.2 Å². The Hall–Kier alpha value is -1.35. The minimum absolute atomic E-state index is 0.196. The molecule has 3 amide bonds. The largest absolute Gasteiger partial charge is 0.412 e. The maximum Gasteiger partial charge on any atom is 0.412 e. The molecule has 0 aliphatic heterocycles. The van der Waals surface area contributed by atoms with E-state index in [9.17, 15) is 22.8 Å². The molecule has 0 aromatic heterocycles. The van der Waals surface area contributed by atoms with Gasteiger partial charge in [0.1, 0.15) is 6.04 Å². The summed E-state index contributed by atoms with van der Waals surface area (Å²) in [5.41, 5.74) is -1.42. The average Bonchev–Trinajstić information content (AvgIpc) is 2.59. The topological polar surface area (TPSA) is 141 Å². The fourth-order valence-corrected chi connectivity index (χ4v) is 3.05. The fourth-order valence-electron chi connectivity index (χ4n) is 2.78. The molecule has 3 unspecified atom stereocenters. The summed E-state index contributed by atoms with van der Waals surface area (Å²) in [6.07, 6.45) is -0.492. The van der Waals surface area contributed by atoms with E-state index < -0.39 is 53.5 Å². The molecule has 0 heterocycles. The van der Waals surface area contributed by atoms with Crippen molar-refractivity contribution in [3.8, 4) is 0 Å². The van der Waals surface area contributed by atoms with E-state index in [4.69, 9.17) is 10.7 Å². The summed E-state index contributed by atoms with van der Waals surface area (Å²) in [7, 11) is -3.00. The second kappa shape index (κ2) is 13.8. The number of carbonyl (C=O) groups is 3. The third kappa shape index (κ3) is 13.5. The Bertz CT molecular complexity index is 543. The van der Waals surface area contributed by atoms with Crippen LogP contribution in [0.5, 0.6) is 0 Å². The molecule has 0 aliphatic carbocycles. The zero-order valence-corrected chi connectivity index (χ0v) is 18.9. The molecule has 0 saturated heterocycles. The number of hydrogen-bond acceptors (Lipinski definition) is 7. The molecule has 10 nitrogen and oxygen atoms in total. The van der Waals surface area contributed by atoms with Crippen molar-refractivity contribution < 1.29 is 36.7 Å². The summed E-state index contributed by atoms with van der Waals surface area (Å²) < 4.78 is 32.4. The molecule has 0 rings (SSSR count). The first kappa shape index (κ1) is 27.6. The highest BCUT2D eigenvalue weighted by molar-refractivity contribution is 7.26. The van der Waals surface area contributed by atoms with Crippen LogP contribution in [0.1, 0.15) is 53.4 Å². The van der Waals surface area contributed by atoms with Crippen molar-refractivity contribution >= 4 is 36.3 Å². The van der Waals surface area contributed by atoms with Gasteiger partial charge in [-0.1, -0.05) is 0 Å². The first-order chi connectivity index (χ1) is 13.5. The Kier molecular flexibility index (Phi) is 13.2. The van der Waals surface area contributed by atoms with E-state index in [0.29, 0.717) is 19.3 Å². The molecule has 0 saturated carbocycles. The molecule has 0 aliphatic rings. The van der Waals surface area contributed by atoms with Crippen LogP contribution >= 0.6 is 18.2 Å². The van der Waals surface area contributed by atoms with Gasteiger partial charge in [-0.2, -0.15) is 8.39 Å². The smallest absolute Gasteiger partial charge is 0.399 e. The lowest BCUT2D eigenvalue weighted by Crippen LogP contribution is -2.55. The molecule has 170 valence electrons. The second-order valence-electron chi connectivity index (χ2n) is 7.48. The third-order valence-electron chi connectivity index (χ3n) is 3.71. The minimum atomic E-state index is -1.55. The van der Waals surface area contributed by atoms with Gasteiger partial charge in [-0.3, -0.25) is 9.63 Å². The van der Waals surface area contributed by atoms with Crippen LogP contribution in [0.2, 0.25) is 0 Å². The highest BCUT2D eigenvalue weighted by atomic mass is 31.1. The van der Waals surface area contributed by atoms with Crippen molar-refractivity contribution in [1.82, 2.24) is 16.0 Å². The Morgan fingerprint density at radius 1 is 1.03 bits per heavy atom. The van der Waals surface area contributed by atoms with Crippen LogP contribution < -0.4 is 21.8 Å². The van der Waals surface area contributed by atoms with Gasteiger partial charge >= 0.3 is 12.2 Å². The summed E-state index contributed by atoms with van der Waals surface area (Å²) >= 11 is 0. The molecule has 3 atom stereocenters. The highest BCUT2D eigenvalue weighted by Crippen LogP contribution is 2.22. The van der Waals surface area contributed by atoms with Crippen molar-refractivity contribution in [2.75, 3.05) is 6.54 Å². The predicted octanol–water partition coefficient (Wildman–Crippen LogP) is 2.89. The number of amides is 3. The molecule has 0 bridgehead atoms. The standard InChI is InChI=1S/C15H30F2N4O6P2/c1-14(2,9-15(3,4)27-18)21-11(22)10(20-13(24)26-29-17)7-5-6-8-19-12(23)25-28-16/h10,28-29H,5-9,18H2,1-4H3,(H,19,23)(H,20,24)(H,21,22). The van der Waals surface area contributed by atoms with Crippen molar-refractivity contribution in [3.05, 3.63) is 0 Å². The molecule has 0 fully saturated rings. The highest BCUT2D eigenvalue weighted by Gasteiger charge is 2.33. The average molecular weight is 462 g/mol. The lowest BCUT2D eigenvalue weighted by Gasteiger charge is -2.35. The van der Waals surface area contributed by atoms with Crippen molar-refractivity contribution in [2.45, 2.75) is 70.6 Å². The number of halogens is 2. The van der Waals surface area contributed by atoms with Gasteiger partial charge in [-0.05, 0) is 47.0 Å². The Labute approximate surface area is 172 Å². The number of unbranched alkanes of at least 4 members (excludes halogenated alkanes) is 1. The molecular weight excluding hydrogens is 432 g/mol. The van der Waals surface area contributed by atoms with Gasteiger partial charge in [0, 0.05) is 18.5 Å². The Morgan fingerprint density at radius 2 is 1.62 bits per heavy atom. The van der Waals surface area contributed by atoms with Gasteiger partial charge < -0.3 is 25.0 Å². The minimum Gasteiger partial charge on any atom is -0.399 e. The number of nitrogens with two attached hydrogens (primary N) is 1. The van der Waals surface area contributed by atoms with Crippen LogP contribution in [0, 0.1) is 0 Å². The normalized spacial score (nSPS) is 13.5. The second-order valence-corrected chi connectivity index (χ2v) is 8.20. The fraction of sp³-hybridized carbons (Fsp3) is 0.800. The summed E-state index contributed by atoms with van der Waals surface area (Å²) in [6.45, 7) is 7.26. The Morgan fingerprint density at radius 3 is 2.17 bits per heavy atom. The van der Waals surface area contributed by atoms with E-state index in [1.54, 1.807) is 27.7 Å². The van der Waals surface area contributed by atoms with Gasteiger partial charge in [-0.15, -0.1) is 0 Å². The SMILES string of the molecule is CC(C)(CC(C)(C)ON)NC(=O)C(CCCCNC(=O)OPF)NC(=O)OPF. The predicted molar refractivity (Wildman–Crippen MR) is 107 cm³/mol. The summed E-state index contributed by atoms with van der Waals surface area (Å²) in [6, 6.07) is -0.987. The summed E-state index contributed by atoms with van der Waals surface area (Å²) in [5, 5.41) is 7.45. The van der Waals surface area contributed by atoms with Crippen LogP contribution in [0.15, 0.2) is 0 Å². The number of nitrogens with one attached hydrogen (secondary N) is 3. The number of carbonyl (C=O) groups excluding carboxylic acids is 3. The molecule has 14 heteroatoms. The van der Waals surface area contributed by atoms with E-state index in [1.165, 1.54) is 0 Å². The molecule has 5 N–H and O–H groups in total. The Balaban J connectivity index is 4.78. The summed E-state index contributed by atoms with van der Waals surface area (Å²) in [5.74, 6) is 4.76. The zero-order chi connectivity index (χ0) is 22.5. The molecule has 0 radical (unpaired) electrons. The van der Waals surface area contributed by atoms with Crippen molar-refractivity contribution in [1.29, 1.82) is 0 Å². The molecule has 0 spiro atoms. The van der Waals surface area contributed by atoms with E-state index in [2.05, 4.69) is 25.0 Å². The quantitative estimate of drug-likeness (QED) is 0.187. The first-order valence-corrected chi connectivity index (χ1v) is 10.4. The van der Waals surface area contributed by atoms with E-state index in [-0.39, 0.29) is 13.0 Å². The van der Waals surface area contributed by atoms with Crippen molar-refractivity contribution in [3.63, 3.8) is 0 Å². The molecule has 29 heavy (non-hydrogen) atoms. The zero-order valence-electron chi connectivity index (χ0n) is 16.9. The number of hydrogen-bond donors (Lipinski definition) is 4. The van der Waals surface area contributed by atoms with Crippen LogP contribution in [0.25, 0.3) is 0 Å². The molecular formula is C15H30F2N4O6P2. The summed E-state index contributed by atoms with van der Waals surface area (Å²) in [4.78, 5) is 40.1. The van der Waals surface area contributed by atoms with E-state index >= 15 is 0 Å². The molecule has 0 aromatic rings.